The van der Waals surface area contributed by atoms with Crippen LogP contribution >= 0.6 is 47.8 Å². The molecule has 1 unspecified atom stereocenters. The third kappa shape index (κ3) is 7.92. The van der Waals surface area contributed by atoms with Gasteiger partial charge in [0.25, 0.3) is 0 Å². The number of halogens is 4. The second-order valence-corrected chi connectivity index (χ2v) is 10.8. The summed E-state index contributed by atoms with van der Waals surface area (Å²) in [6.07, 6.45) is 6.21. The maximum atomic E-state index is 6.07. The topological polar surface area (TPSA) is 68.3 Å². The van der Waals surface area contributed by atoms with Gasteiger partial charge < -0.3 is 28.4 Å². The second-order valence-electron chi connectivity index (χ2n) is 8.22. The standard InChI is InChI=1S/C25H30Br3N5.ClH/c1-4-33(5-2)12-6-7-16(3)30-25-20-15-18(29)8-10-23(20)31-24(32-25)11-9-19-21(27)13-17(26)14-22(19)28;/h8-11,13-16H,4-7,12,29H2,1-3H3,(H,30,31,32);1H. The average molecular weight is 677 g/mol. The number of quaternary nitrogens is 1. The van der Waals surface area contributed by atoms with E-state index in [1.165, 1.54) is 26.1 Å². The van der Waals surface area contributed by atoms with Crippen molar-refractivity contribution in [3.8, 4) is 0 Å². The number of hydrogen-bond donors (Lipinski definition) is 3. The lowest BCUT2D eigenvalue weighted by atomic mass is 10.1. The number of anilines is 2. The highest BCUT2D eigenvalue weighted by Crippen LogP contribution is 2.31. The number of fused-ring (bicyclic) bond motifs is 1. The van der Waals surface area contributed by atoms with Crippen LogP contribution in [0.5, 0.6) is 0 Å². The van der Waals surface area contributed by atoms with Gasteiger partial charge in [-0.15, -0.1) is 0 Å². The molecule has 4 N–H and O–H groups in total. The maximum Gasteiger partial charge on any atom is 0.154 e. The van der Waals surface area contributed by atoms with Crippen LogP contribution in [0.3, 0.4) is 0 Å². The van der Waals surface area contributed by atoms with Crippen molar-refractivity contribution in [2.24, 2.45) is 0 Å². The normalized spacial score (nSPS) is 12.3. The van der Waals surface area contributed by atoms with Gasteiger partial charge in [-0.2, -0.15) is 0 Å². The molecule has 0 aliphatic rings. The molecule has 0 aliphatic heterocycles. The first-order chi connectivity index (χ1) is 15.8. The first kappa shape index (κ1) is 29.0. The summed E-state index contributed by atoms with van der Waals surface area (Å²) in [6, 6.07) is 10.1. The minimum Gasteiger partial charge on any atom is -1.00 e. The zero-order chi connectivity index (χ0) is 24.0. The van der Waals surface area contributed by atoms with Crippen molar-refractivity contribution in [3.63, 3.8) is 0 Å². The van der Waals surface area contributed by atoms with Crippen LogP contribution in [0.15, 0.2) is 43.7 Å². The average Bonchev–Trinajstić information content (AvgIpc) is 2.76. The molecule has 0 amide bonds. The highest BCUT2D eigenvalue weighted by Gasteiger charge is 2.12. The molecule has 0 fully saturated rings. The van der Waals surface area contributed by atoms with E-state index in [1.54, 1.807) is 4.90 Å². The molecule has 3 aromatic rings. The highest BCUT2D eigenvalue weighted by molar-refractivity contribution is 9.11. The fraction of sp³-hybridized carbons (Fsp3) is 0.360. The monoisotopic (exact) mass is 673 g/mol. The van der Waals surface area contributed by atoms with Gasteiger partial charge in [0.05, 0.1) is 25.2 Å². The third-order valence-corrected chi connectivity index (χ3v) is 7.50. The molecule has 0 radical (unpaired) electrons. The molecule has 184 valence electrons. The molecule has 0 bridgehead atoms. The number of nitrogen functional groups attached to an aromatic ring is 1. The lowest BCUT2D eigenvalue weighted by molar-refractivity contribution is -0.896. The highest BCUT2D eigenvalue weighted by atomic mass is 79.9. The van der Waals surface area contributed by atoms with E-state index in [9.17, 15) is 0 Å². The van der Waals surface area contributed by atoms with Crippen molar-refractivity contribution in [1.82, 2.24) is 9.97 Å². The molecule has 9 heteroatoms. The van der Waals surface area contributed by atoms with E-state index in [0.717, 1.165) is 42.1 Å². The van der Waals surface area contributed by atoms with Crippen LogP contribution in [0.4, 0.5) is 11.5 Å². The number of hydrogen-bond acceptors (Lipinski definition) is 4. The van der Waals surface area contributed by atoms with Gasteiger partial charge in [-0.05, 0) is 76.1 Å². The van der Waals surface area contributed by atoms with Crippen LogP contribution in [0.1, 0.15) is 45.0 Å². The van der Waals surface area contributed by atoms with Gasteiger partial charge in [-0.1, -0.05) is 47.8 Å². The van der Waals surface area contributed by atoms with Gasteiger partial charge in [0, 0.05) is 36.1 Å². The van der Waals surface area contributed by atoms with E-state index in [1.807, 2.05) is 42.5 Å². The summed E-state index contributed by atoms with van der Waals surface area (Å²) in [7, 11) is 0. The number of nitrogens with zero attached hydrogens (tertiary/aromatic N) is 2. The third-order valence-electron chi connectivity index (χ3n) is 5.73. The Morgan fingerprint density at radius 2 is 1.71 bits per heavy atom. The smallest absolute Gasteiger partial charge is 0.154 e. The van der Waals surface area contributed by atoms with Crippen molar-refractivity contribution in [2.75, 3.05) is 30.7 Å². The van der Waals surface area contributed by atoms with Gasteiger partial charge >= 0.3 is 0 Å². The molecule has 1 atom stereocenters. The maximum absolute atomic E-state index is 6.07. The van der Waals surface area contributed by atoms with E-state index in [2.05, 4.69) is 73.9 Å². The number of nitrogens with two attached hydrogens (primary N) is 1. The molecular weight excluding hydrogens is 645 g/mol. The SMILES string of the molecule is CC[NH+](CC)CCCC(C)Nc1nc(C=Cc2c(Br)cc(Br)cc2Br)nc2ccc(N)cc12.[Cl-]. The first-order valence-electron chi connectivity index (χ1n) is 11.3. The number of rotatable bonds is 10. The molecule has 2 aromatic carbocycles. The molecule has 0 aliphatic carbocycles. The molecule has 0 saturated carbocycles. The van der Waals surface area contributed by atoms with Crippen molar-refractivity contribution in [1.29, 1.82) is 0 Å². The van der Waals surface area contributed by atoms with Crippen LogP contribution in [-0.4, -0.2) is 35.6 Å². The minimum absolute atomic E-state index is 0. The Balaban J connectivity index is 0.00000408. The number of aromatic nitrogens is 2. The summed E-state index contributed by atoms with van der Waals surface area (Å²) >= 11 is 10.8. The molecule has 5 nitrogen and oxygen atoms in total. The molecule has 34 heavy (non-hydrogen) atoms. The Bertz CT molecular complexity index is 1110. The first-order valence-corrected chi connectivity index (χ1v) is 13.7. The van der Waals surface area contributed by atoms with E-state index >= 15 is 0 Å². The minimum atomic E-state index is 0. The summed E-state index contributed by atoms with van der Waals surface area (Å²) in [5.74, 6) is 1.47. The van der Waals surface area contributed by atoms with Crippen LogP contribution in [0, 0.1) is 0 Å². The fourth-order valence-corrected chi connectivity index (χ4v) is 6.31. The molecular formula is C25H31Br3ClN5. The van der Waals surface area contributed by atoms with Crippen molar-refractivity contribution >= 4 is 82.4 Å². The zero-order valence-electron chi connectivity index (χ0n) is 19.6. The Labute approximate surface area is 233 Å². The largest absolute Gasteiger partial charge is 1.00 e. The summed E-state index contributed by atoms with van der Waals surface area (Å²) in [4.78, 5) is 11.2. The predicted molar refractivity (Wildman–Crippen MR) is 152 cm³/mol. The van der Waals surface area contributed by atoms with Gasteiger partial charge in [0.1, 0.15) is 5.82 Å². The second kappa shape index (κ2) is 13.8. The Morgan fingerprint density at radius 3 is 2.35 bits per heavy atom. The lowest BCUT2D eigenvalue weighted by Crippen LogP contribution is -3.11. The van der Waals surface area contributed by atoms with Gasteiger partial charge in [-0.3, -0.25) is 0 Å². The molecule has 0 saturated heterocycles. The summed E-state index contributed by atoms with van der Waals surface area (Å²) < 4.78 is 2.97. The van der Waals surface area contributed by atoms with E-state index in [0.29, 0.717) is 17.6 Å². The Hall–Kier alpha value is -1.19. The van der Waals surface area contributed by atoms with Gasteiger partial charge in [0.2, 0.25) is 0 Å². The number of benzene rings is 2. The Morgan fingerprint density at radius 1 is 1.03 bits per heavy atom. The quantitative estimate of drug-likeness (QED) is 0.289. The molecule has 0 spiro atoms. The van der Waals surface area contributed by atoms with E-state index in [-0.39, 0.29) is 12.4 Å². The lowest BCUT2D eigenvalue weighted by Gasteiger charge is -2.19. The Kier molecular flexibility index (Phi) is 11.8. The number of nitrogens with one attached hydrogen (secondary N) is 2. The fourth-order valence-electron chi connectivity index (χ4n) is 3.79. The molecule has 1 heterocycles. The van der Waals surface area contributed by atoms with E-state index < -0.39 is 0 Å². The predicted octanol–water partition coefficient (Wildman–Crippen LogP) is 3.18. The van der Waals surface area contributed by atoms with Crippen molar-refractivity contribution in [3.05, 3.63) is 55.1 Å². The van der Waals surface area contributed by atoms with Crippen LogP contribution < -0.4 is 28.4 Å². The van der Waals surface area contributed by atoms with Gasteiger partial charge in [0.15, 0.2) is 5.82 Å². The van der Waals surface area contributed by atoms with Crippen molar-refractivity contribution in [2.45, 2.75) is 39.7 Å². The zero-order valence-corrected chi connectivity index (χ0v) is 25.2. The molecule has 3 rings (SSSR count). The van der Waals surface area contributed by atoms with E-state index in [4.69, 9.17) is 15.7 Å². The van der Waals surface area contributed by atoms with Gasteiger partial charge in [-0.25, -0.2) is 9.97 Å². The van der Waals surface area contributed by atoms with Crippen LogP contribution in [0.25, 0.3) is 23.1 Å². The van der Waals surface area contributed by atoms with Crippen LogP contribution in [0.2, 0.25) is 0 Å². The van der Waals surface area contributed by atoms with Crippen molar-refractivity contribution < 1.29 is 17.3 Å². The van der Waals surface area contributed by atoms with Crippen LogP contribution in [-0.2, 0) is 0 Å². The molecule has 1 aromatic heterocycles. The summed E-state index contributed by atoms with van der Waals surface area (Å²) in [6.45, 7) is 10.3. The summed E-state index contributed by atoms with van der Waals surface area (Å²) in [5.41, 5.74) is 8.68. The summed E-state index contributed by atoms with van der Waals surface area (Å²) in [5, 5.41) is 4.56.